The van der Waals surface area contributed by atoms with Gasteiger partial charge in [-0.2, -0.15) is 0 Å². The van der Waals surface area contributed by atoms with E-state index in [-0.39, 0.29) is 0 Å². The summed E-state index contributed by atoms with van der Waals surface area (Å²) in [5.41, 5.74) is 0. The van der Waals surface area contributed by atoms with Crippen LogP contribution in [0.4, 0.5) is 0 Å². The highest BCUT2D eigenvalue weighted by Crippen LogP contribution is 2.14. The Morgan fingerprint density at radius 1 is 1.40 bits per heavy atom. The van der Waals surface area contributed by atoms with Crippen LogP contribution >= 0.6 is 0 Å². The molecule has 0 saturated carbocycles. The van der Waals surface area contributed by atoms with E-state index in [0.717, 1.165) is 18.5 Å². The van der Waals surface area contributed by atoms with Crippen LogP contribution in [0.25, 0.3) is 0 Å². The van der Waals surface area contributed by atoms with Gasteiger partial charge in [0.25, 0.3) is 0 Å². The first-order valence-electron chi connectivity index (χ1n) is 6.72. The summed E-state index contributed by atoms with van der Waals surface area (Å²) in [6.07, 6.45) is 5.44. The van der Waals surface area contributed by atoms with Gasteiger partial charge in [-0.05, 0) is 38.3 Å². The molecule has 2 nitrogen and oxygen atoms in total. The largest absolute Gasteiger partial charge is 0.313 e. The lowest BCUT2D eigenvalue weighted by atomic mass is 10.0. The second-order valence-electron chi connectivity index (χ2n) is 5.05. The highest BCUT2D eigenvalue weighted by Gasteiger charge is 2.19. The van der Waals surface area contributed by atoms with Gasteiger partial charge in [-0.25, -0.2) is 0 Å². The zero-order chi connectivity index (χ0) is 11.1. The van der Waals surface area contributed by atoms with Gasteiger partial charge in [-0.1, -0.05) is 27.2 Å². The van der Waals surface area contributed by atoms with Crippen molar-refractivity contribution in [2.45, 2.75) is 52.5 Å². The molecule has 0 bridgehead atoms. The van der Waals surface area contributed by atoms with Crippen LogP contribution in [0.2, 0.25) is 0 Å². The van der Waals surface area contributed by atoms with Gasteiger partial charge >= 0.3 is 0 Å². The molecule has 2 heteroatoms. The minimum absolute atomic E-state index is 0.748. The predicted octanol–water partition coefficient (Wildman–Crippen LogP) is 2.50. The maximum Gasteiger partial charge on any atom is 0.0195 e. The molecular formula is C13H28N2. The van der Waals surface area contributed by atoms with Crippen molar-refractivity contribution in [2.24, 2.45) is 5.92 Å². The van der Waals surface area contributed by atoms with Crippen molar-refractivity contribution in [2.75, 3.05) is 26.2 Å². The van der Waals surface area contributed by atoms with E-state index < -0.39 is 0 Å². The van der Waals surface area contributed by atoms with Crippen LogP contribution in [0.5, 0.6) is 0 Å². The molecular weight excluding hydrogens is 184 g/mol. The number of nitrogens with one attached hydrogen (secondary N) is 1. The Morgan fingerprint density at radius 2 is 2.20 bits per heavy atom. The van der Waals surface area contributed by atoms with Gasteiger partial charge in [-0.3, -0.25) is 0 Å². The van der Waals surface area contributed by atoms with E-state index in [9.17, 15) is 0 Å². The summed E-state index contributed by atoms with van der Waals surface area (Å²) < 4.78 is 0. The van der Waals surface area contributed by atoms with E-state index in [0.29, 0.717) is 0 Å². The third-order valence-electron chi connectivity index (χ3n) is 3.35. The number of rotatable bonds is 6. The first-order chi connectivity index (χ1) is 7.26. The van der Waals surface area contributed by atoms with Gasteiger partial charge in [0.1, 0.15) is 0 Å². The van der Waals surface area contributed by atoms with Gasteiger partial charge in [-0.15, -0.1) is 0 Å². The highest BCUT2D eigenvalue weighted by molar-refractivity contribution is 4.78. The summed E-state index contributed by atoms with van der Waals surface area (Å²) >= 11 is 0. The van der Waals surface area contributed by atoms with Crippen LogP contribution in [0.1, 0.15) is 46.5 Å². The maximum atomic E-state index is 3.58. The molecule has 0 aliphatic carbocycles. The Labute approximate surface area is 95.4 Å². The number of hydrogen-bond acceptors (Lipinski definition) is 2. The van der Waals surface area contributed by atoms with Gasteiger partial charge in [0.15, 0.2) is 0 Å². The minimum atomic E-state index is 0.748. The van der Waals surface area contributed by atoms with Gasteiger partial charge in [0, 0.05) is 19.1 Å². The second-order valence-corrected chi connectivity index (χ2v) is 5.05. The minimum Gasteiger partial charge on any atom is -0.313 e. The highest BCUT2D eigenvalue weighted by atomic mass is 15.2. The molecule has 1 aliphatic rings. The molecule has 2 atom stereocenters. The molecule has 0 amide bonds. The first kappa shape index (κ1) is 13.0. The zero-order valence-corrected chi connectivity index (χ0v) is 10.8. The van der Waals surface area contributed by atoms with E-state index in [4.69, 9.17) is 0 Å². The van der Waals surface area contributed by atoms with Gasteiger partial charge < -0.3 is 10.2 Å². The lowest BCUT2D eigenvalue weighted by molar-refractivity contribution is 0.167. The van der Waals surface area contributed by atoms with Crippen LogP contribution in [-0.2, 0) is 0 Å². The van der Waals surface area contributed by atoms with Crippen molar-refractivity contribution in [1.82, 2.24) is 10.2 Å². The smallest absolute Gasteiger partial charge is 0.0195 e. The third kappa shape index (κ3) is 4.98. The van der Waals surface area contributed by atoms with Crippen molar-refractivity contribution in [1.29, 1.82) is 0 Å². The summed E-state index contributed by atoms with van der Waals surface area (Å²) in [7, 11) is 0. The fourth-order valence-corrected chi connectivity index (χ4v) is 2.70. The molecule has 2 unspecified atom stereocenters. The molecule has 0 aromatic rings. The van der Waals surface area contributed by atoms with E-state index in [1.165, 1.54) is 45.3 Å². The van der Waals surface area contributed by atoms with Crippen LogP contribution in [0.3, 0.4) is 0 Å². The molecule has 1 fully saturated rings. The van der Waals surface area contributed by atoms with Crippen LogP contribution < -0.4 is 5.32 Å². The molecule has 0 radical (unpaired) electrons. The van der Waals surface area contributed by atoms with E-state index in [2.05, 4.69) is 31.0 Å². The van der Waals surface area contributed by atoms with Crippen molar-refractivity contribution < 1.29 is 0 Å². The normalized spacial score (nSPS) is 25.4. The van der Waals surface area contributed by atoms with Gasteiger partial charge in [0.05, 0.1) is 0 Å². The number of likely N-dealkylation sites (tertiary alicyclic amines) is 1. The topological polar surface area (TPSA) is 15.3 Å². The van der Waals surface area contributed by atoms with Gasteiger partial charge in [0.2, 0.25) is 0 Å². The molecule has 1 heterocycles. The standard InChI is InChI=1S/C13H28N2/c1-4-7-12(3)10-15-9-6-8-13(11-15)14-5-2/h12-14H,4-11H2,1-3H3. The number of nitrogens with zero attached hydrogens (tertiary/aromatic N) is 1. The zero-order valence-electron chi connectivity index (χ0n) is 10.8. The van der Waals surface area contributed by atoms with Crippen molar-refractivity contribution in [3.63, 3.8) is 0 Å². The lowest BCUT2D eigenvalue weighted by Crippen LogP contribution is -2.46. The monoisotopic (exact) mass is 212 g/mol. The number of piperidine rings is 1. The Balaban J connectivity index is 2.23. The molecule has 0 spiro atoms. The number of hydrogen-bond donors (Lipinski definition) is 1. The van der Waals surface area contributed by atoms with Crippen molar-refractivity contribution in [3.05, 3.63) is 0 Å². The quantitative estimate of drug-likeness (QED) is 0.728. The summed E-state index contributed by atoms with van der Waals surface area (Å²) in [6, 6.07) is 0.748. The summed E-state index contributed by atoms with van der Waals surface area (Å²) in [4.78, 5) is 2.65. The Bertz CT molecular complexity index is 155. The Hall–Kier alpha value is -0.0800. The first-order valence-corrected chi connectivity index (χ1v) is 6.72. The second kappa shape index (κ2) is 7.24. The van der Waals surface area contributed by atoms with Crippen molar-refractivity contribution in [3.8, 4) is 0 Å². The van der Waals surface area contributed by atoms with E-state index >= 15 is 0 Å². The van der Waals surface area contributed by atoms with E-state index in [1.807, 2.05) is 0 Å². The molecule has 1 saturated heterocycles. The third-order valence-corrected chi connectivity index (χ3v) is 3.35. The molecule has 1 aliphatic heterocycles. The summed E-state index contributed by atoms with van der Waals surface area (Å²) in [5.74, 6) is 0.871. The van der Waals surface area contributed by atoms with Crippen LogP contribution in [-0.4, -0.2) is 37.1 Å². The molecule has 90 valence electrons. The average molecular weight is 212 g/mol. The summed E-state index contributed by atoms with van der Waals surface area (Å²) in [5, 5.41) is 3.58. The summed E-state index contributed by atoms with van der Waals surface area (Å²) in [6.45, 7) is 11.9. The van der Waals surface area contributed by atoms with Crippen molar-refractivity contribution >= 4 is 0 Å². The maximum absolute atomic E-state index is 3.58. The molecule has 0 aromatic heterocycles. The molecule has 1 N–H and O–H groups in total. The fraction of sp³-hybridized carbons (Fsp3) is 1.00. The molecule has 0 aromatic carbocycles. The fourth-order valence-electron chi connectivity index (χ4n) is 2.70. The lowest BCUT2D eigenvalue weighted by Gasteiger charge is -2.34. The molecule has 15 heavy (non-hydrogen) atoms. The van der Waals surface area contributed by atoms with Crippen LogP contribution in [0, 0.1) is 5.92 Å². The Kier molecular flexibility index (Phi) is 6.26. The predicted molar refractivity (Wildman–Crippen MR) is 67.2 cm³/mol. The van der Waals surface area contributed by atoms with E-state index in [1.54, 1.807) is 0 Å². The molecule has 1 rings (SSSR count). The van der Waals surface area contributed by atoms with Crippen LogP contribution in [0.15, 0.2) is 0 Å². The number of likely N-dealkylation sites (N-methyl/N-ethyl adjacent to an activating group) is 1. The average Bonchev–Trinajstić information content (AvgIpc) is 2.19. The SMILES string of the molecule is CCCC(C)CN1CCCC(NCC)C1. The Morgan fingerprint density at radius 3 is 2.87 bits per heavy atom.